The standard InChI is InChI=1S/C14H21NO4S/c1-2-19-11-7-9-12(10-8-11)20(17,18)15-13-5-3-4-6-14(13)16/h7-10,13-16H,2-6H2,1H3/t13-,14-/m0/s1. The molecule has 0 spiro atoms. The van der Waals surface area contributed by atoms with Crippen LogP contribution in [0.1, 0.15) is 32.6 Å². The molecule has 1 fully saturated rings. The monoisotopic (exact) mass is 299 g/mol. The van der Waals surface area contributed by atoms with Crippen molar-refractivity contribution < 1.29 is 18.3 Å². The van der Waals surface area contributed by atoms with Crippen LogP contribution in [-0.2, 0) is 10.0 Å². The van der Waals surface area contributed by atoms with Crippen molar-refractivity contribution in [3.05, 3.63) is 24.3 Å². The molecule has 2 atom stereocenters. The Kier molecular flexibility index (Phi) is 5.01. The first-order valence-corrected chi connectivity index (χ1v) is 8.44. The average Bonchev–Trinajstić information content (AvgIpc) is 2.42. The predicted molar refractivity (Wildman–Crippen MR) is 76.2 cm³/mol. The highest BCUT2D eigenvalue weighted by atomic mass is 32.2. The first kappa shape index (κ1) is 15.3. The van der Waals surface area contributed by atoms with Gasteiger partial charge in [0.2, 0.25) is 10.0 Å². The minimum atomic E-state index is -3.59. The maximum absolute atomic E-state index is 12.3. The van der Waals surface area contributed by atoms with Crippen molar-refractivity contribution in [1.29, 1.82) is 0 Å². The lowest BCUT2D eigenvalue weighted by atomic mass is 9.93. The maximum atomic E-state index is 12.3. The lowest BCUT2D eigenvalue weighted by Gasteiger charge is -2.28. The summed E-state index contributed by atoms with van der Waals surface area (Å²) in [5.74, 6) is 0.643. The molecule has 1 aliphatic carbocycles. The first-order chi connectivity index (χ1) is 9.53. The van der Waals surface area contributed by atoms with Crippen LogP contribution < -0.4 is 9.46 Å². The van der Waals surface area contributed by atoms with Gasteiger partial charge in [0.05, 0.1) is 17.6 Å². The molecule has 0 amide bonds. The van der Waals surface area contributed by atoms with Crippen molar-refractivity contribution in [3.63, 3.8) is 0 Å². The Bertz CT molecular complexity index is 527. The van der Waals surface area contributed by atoms with Crippen LogP contribution >= 0.6 is 0 Å². The third-order valence-corrected chi connectivity index (χ3v) is 4.99. The molecule has 2 N–H and O–H groups in total. The van der Waals surface area contributed by atoms with E-state index in [9.17, 15) is 13.5 Å². The molecule has 0 saturated heterocycles. The largest absolute Gasteiger partial charge is 0.494 e. The SMILES string of the molecule is CCOc1ccc(S(=O)(=O)N[C@H]2CCCC[C@@H]2O)cc1. The van der Waals surface area contributed by atoms with Crippen LogP contribution in [0.4, 0.5) is 0 Å². The summed E-state index contributed by atoms with van der Waals surface area (Å²) in [6.45, 7) is 2.41. The lowest BCUT2D eigenvalue weighted by Crippen LogP contribution is -2.44. The van der Waals surface area contributed by atoms with Gasteiger partial charge in [0.1, 0.15) is 5.75 Å². The summed E-state index contributed by atoms with van der Waals surface area (Å²) in [6.07, 6.45) is 2.62. The van der Waals surface area contributed by atoms with Crippen LogP contribution in [0, 0.1) is 0 Å². The number of aliphatic hydroxyl groups is 1. The number of ether oxygens (including phenoxy) is 1. The molecular weight excluding hydrogens is 278 g/mol. The Hall–Kier alpha value is -1.11. The number of hydrogen-bond acceptors (Lipinski definition) is 4. The minimum Gasteiger partial charge on any atom is -0.494 e. The van der Waals surface area contributed by atoms with Gasteiger partial charge in [-0.2, -0.15) is 0 Å². The van der Waals surface area contributed by atoms with E-state index < -0.39 is 16.1 Å². The molecule has 5 nitrogen and oxygen atoms in total. The van der Waals surface area contributed by atoms with Gasteiger partial charge in [-0.15, -0.1) is 0 Å². The Morgan fingerprint density at radius 2 is 1.90 bits per heavy atom. The molecule has 0 unspecified atom stereocenters. The quantitative estimate of drug-likeness (QED) is 0.867. The molecule has 0 bridgehead atoms. The zero-order valence-corrected chi connectivity index (χ0v) is 12.4. The molecule has 1 aromatic rings. The molecule has 1 aliphatic rings. The summed E-state index contributed by atoms with van der Waals surface area (Å²) in [6, 6.07) is 5.91. The Morgan fingerprint density at radius 1 is 1.25 bits per heavy atom. The molecule has 2 rings (SSSR count). The molecule has 0 heterocycles. The second kappa shape index (κ2) is 6.56. The number of nitrogens with one attached hydrogen (secondary N) is 1. The van der Waals surface area contributed by atoms with Crippen molar-refractivity contribution in [2.45, 2.75) is 49.6 Å². The van der Waals surface area contributed by atoms with Crippen molar-refractivity contribution in [1.82, 2.24) is 4.72 Å². The van der Waals surface area contributed by atoms with Gasteiger partial charge in [-0.1, -0.05) is 12.8 Å². The van der Waals surface area contributed by atoms with E-state index in [-0.39, 0.29) is 10.9 Å². The molecular formula is C14H21NO4S. The summed E-state index contributed by atoms with van der Waals surface area (Å²) < 4.78 is 32.4. The third kappa shape index (κ3) is 3.71. The van der Waals surface area contributed by atoms with Crippen molar-refractivity contribution in [3.8, 4) is 5.75 Å². The Balaban J connectivity index is 2.09. The number of hydrogen-bond donors (Lipinski definition) is 2. The Labute approximate surface area is 120 Å². The van der Waals surface area contributed by atoms with Gasteiger partial charge in [0.15, 0.2) is 0 Å². The van der Waals surface area contributed by atoms with E-state index in [1.807, 2.05) is 6.92 Å². The average molecular weight is 299 g/mol. The maximum Gasteiger partial charge on any atom is 0.240 e. The zero-order valence-electron chi connectivity index (χ0n) is 11.6. The van der Waals surface area contributed by atoms with Crippen LogP contribution in [-0.4, -0.2) is 32.3 Å². The van der Waals surface area contributed by atoms with Crippen LogP contribution in [0.25, 0.3) is 0 Å². The first-order valence-electron chi connectivity index (χ1n) is 6.96. The number of rotatable bonds is 5. The highest BCUT2D eigenvalue weighted by Gasteiger charge is 2.28. The van der Waals surface area contributed by atoms with Gasteiger partial charge < -0.3 is 9.84 Å². The van der Waals surface area contributed by atoms with Gasteiger partial charge in [0, 0.05) is 6.04 Å². The molecule has 0 aliphatic heterocycles. The van der Waals surface area contributed by atoms with Gasteiger partial charge in [-0.25, -0.2) is 13.1 Å². The van der Waals surface area contributed by atoms with Crippen molar-refractivity contribution in [2.75, 3.05) is 6.61 Å². The van der Waals surface area contributed by atoms with Gasteiger partial charge >= 0.3 is 0 Å². The highest BCUT2D eigenvalue weighted by molar-refractivity contribution is 7.89. The summed E-state index contributed by atoms with van der Waals surface area (Å²) >= 11 is 0. The smallest absolute Gasteiger partial charge is 0.240 e. The predicted octanol–water partition coefficient (Wildman–Crippen LogP) is 1.67. The number of aliphatic hydroxyl groups excluding tert-OH is 1. The molecule has 112 valence electrons. The fraction of sp³-hybridized carbons (Fsp3) is 0.571. The van der Waals surface area contributed by atoms with Crippen molar-refractivity contribution in [2.24, 2.45) is 0 Å². The van der Waals surface area contributed by atoms with Crippen LogP contribution in [0.2, 0.25) is 0 Å². The summed E-state index contributed by atoms with van der Waals surface area (Å²) in [5, 5.41) is 9.85. The Morgan fingerprint density at radius 3 is 2.50 bits per heavy atom. The zero-order chi connectivity index (χ0) is 14.6. The summed E-state index contributed by atoms with van der Waals surface area (Å²) in [7, 11) is -3.59. The highest BCUT2D eigenvalue weighted by Crippen LogP contribution is 2.21. The molecule has 1 saturated carbocycles. The van der Waals surface area contributed by atoms with Crippen molar-refractivity contribution >= 4 is 10.0 Å². The summed E-state index contributed by atoms with van der Waals surface area (Å²) in [4.78, 5) is 0.193. The van der Waals surface area contributed by atoms with Gasteiger partial charge in [-0.3, -0.25) is 0 Å². The molecule has 0 radical (unpaired) electrons. The van der Waals surface area contributed by atoms with Gasteiger partial charge in [-0.05, 0) is 44.0 Å². The fourth-order valence-corrected chi connectivity index (χ4v) is 3.70. The lowest BCUT2D eigenvalue weighted by molar-refractivity contribution is 0.101. The summed E-state index contributed by atoms with van der Waals surface area (Å²) in [5.41, 5.74) is 0. The second-order valence-electron chi connectivity index (χ2n) is 4.98. The van der Waals surface area contributed by atoms with E-state index in [0.29, 0.717) is 25.2 Å². The van der Waals surface area contributed by atoms with Crippen LogP contribution in [0.3, 0.4) is 0 Å². The molecule has 6 heteroatoms. The molecule has 20 heavy (non-hydrogen) atoms. The second-order valence-corrected chi connectivity index (χ2v) is 6.70. The van der Waals surface area contributed by atoms with Crippen LogP contribution in [0.5, 0.6) is 5.75 Å². The van der Waals surface area contributed by atoms with E-state index >= 15 is 0 Å². The normalized spacial score (nSPS) is 23.5. The number of sulfonamides is 1. The van der Waals surface area contributed by atoms with Crippen LogP contribution in [0.15, 0.2) is 29.2 Å². The van der Waals surface area contributed by atoms with E-state index in [4.69, 9.17) is 4.74 Å². The topological polar surface area (TPSA) is 75.6 Å². The van der Waals surface area contributed by atoms with E-state index in [2.05, 4.69) is 4.72 Å². The van der Waals surface area contributed by atoms with E-state index in [1.165, 1.54) is 12.1 Å². The van der Waals surface area contributed by atoms with E-state index in [1.54, 1.807) is 12.1 Å². The minimum absolute atomic E-state index is 0.193. The van der Waals surface area contributed by atoms with E-state index in [0.717, 1.165) is 12.8 Å². The third-order valence-electron chi connectivity index (χ3n) is 3.48. The van der Waals surface area contributed by atoms with Gasteiger partial charge in [0.25, 0.3) is 0 Å². The molecule has 1 aromatic carbocycles. The fourth-order valence-electron chi connectivity index (χ4n) is 2.40. The molecule has 0 aromatic heterocycles. The number of benzene rings is 1.